The van der Waals surface area contributed by atoms with E-state index >= 15 is 0 Å². The largest absolute Gasteiger partial charge is 0.362 e. The van der Waals surface area contributed by atoms with Crippen LogP contribution in [0.5, 0.6) is 0 Å². The van der Waals surface area contributed by atoms with Crippen LogP contribution in [0.15, 0.2) is 18.2 Å². The second kappa shape index (κ2) is 7.46. The third kappa shape index (κ3) is 4.74. The Morgan fingerprint density at radius 3 is 2.71 bits per heavy atom. The summed E-state index contributed by atoms with van der Waals surface area (Å²) in [5, 5.41) is 6.24. The molecular formula is C17H27N3O. The minimum absolute atomic E-state index is 0.0577. The molecule has 0 unspecified atom stereocenters. The van der Waals surface area contributed by atoms with E-state index in [9.17, 15) is 4.79 Å². The molecule has 0 spiro atoms. The van der Waals surface area contributed by atoms with E-state index in [4.69, 9.17) is 0 Å². The molecule has 1 saturated carbocycles. The van der Waals surface area contributed by atoms with Crippen LogP contribution < -0.4 is 15.5 Å². The number of hydrogen-bond donors (Lipinski definition) is 2. The Morgan fingerprint density at radius 2 is 2.14 bits per heavy atom. The van der Waals surface area contributed by atoms with Gasteiger partial charge in [0.2, 0.25) is 5.91 Å². The molecule has 1 aromatic carbocycles. The van der Waals surface area contributed by atoms with Crippen molar-refractivity contribution in [3.05, 3.63) is 29.3 Å². The van der Waals surface area contributed by atoms with Crippen molar-refractivity contribution in [2.45, 2.75) is 45.7 Å². The van der Waals surface area contributed by atoms with Crippen molar-refractivity contribution in [2.75, 3.05) is 25.0 Å². The molecule has 0 aromatic heterocycles. The third-order valence-corrected chi connectivity index (χ3v) is 3.88. The maximum Gasteiger partial charge on any atom is 0.239 e. The number of hydrogen-bond acceptors (Lipinski definition) is 3. The maximum absolute atomic E-state index is 11.7. The molecule has 1 amide bonds. The Labute approximate surface area is 127 Å². The summed E-state index contributed by atoms with van der Waals surface area (Å²) in [6.07, 6.45) is 3.66. The highest BCUT2D eigenvalue weighted by Gasteiger charge is 2.20. The quantitative estimate of drug-likeness (QED) is 0.771. The number of rotatable bonds is 8. The summed E-state index contributed by atoms with van der Waals surface area (Å²) in [6, 6.07) is 7.29. The Balaban J connectivity index is 2.05. The van der Waals surface area contributed by atoms with Gasteiger partial charge in [0.15, 0.2) is 0 Å². The molecule has 1 fully saturated rings. The minimum atomic E-state index is 0.0577. The van der Waals surface area contributed by atoms with E-state index in [1.54, 1.807) is 7.05 Å². The monoisotopic (exact) mass is 289 g/mol. The summed E-state index contributed by atoms with van der Waals surface area (Å²) in [6.45, 7) is 6.52. The highest BCUT2D eigenvalue weighted by molar-refractivity contribution is 5.81. The summed E-state index contributed by atoms with van der Waals surface area (Å²) >= 11 is 0. The SMILES string of the molecule is CCCN(CC(=O)NC)c1ccc(CNC2CC2)cc1C. The van der Waals surface area contributed by atoms with E-state index in [0.29, 0.717) is 6.54 Å². The van der Waals surface area contributed by atoms with E-state index in [1.165, 1.54) is 24.0 Å². The molecule has 116 valence electrons. The molecule has 4 heteroatoms. The molecule has 0 aliphatic heterocycles. The number of nitrogens with one attached hydrogen (secondary N) is 2. The number of carbonyl (C=O) groups excluding carboxylic acids is 1. The van der Waals surface area contributed by atoms with Crippen LogP contribution in [0.4, 0.5) is 5.69 Å². The predicted molar refractivity (Wildman–Crippen MR) is 87.6 cm³/mol. The smallest absolute Gasteiger partial charge is 0.239 e. The number of likely N-dealkylation sites (N-methyl/N-ethyl adjacent to an activating group) is 1. The molecule has 1 aliphatic carbocycles. The molecule has 21 heavy (non-hydrogen) atoms. The summed E-state index contributed by atoms with van der Waals surface area (Å²) < 4.78 is 0. The zero-order chi connectivity index (χ0) is 15.2. The molecule has 2 rings (SSSR count). The highest BCUT2D eigenvalue weighted by Crippen LogP contribution is 2.23. The van der Waals surface area contributed by atoms with E-state index in [1.807, 2.05) is 0 Å². The lowest BCUT2D eigenvalue weighted by Gasteiger charge is -2.25. The number of benzene rings is 1. The molecule has 4 nitrogen and oxygen atoms in total. The first-order valence-corrected chi connectivity index (χ1v) is 7.92. The zero-order valence-electron chi connectivity index (χ0n) is 13.4. The first-order valence-electron chi connectivity index (χ1n) is 7.92. The van der Waals surface area contributed by atoms with Gasteiger partial charge in [-0.3, -0.25) is 4.79 Å². The lowest BCUT2D eigenvalue weighted by Crippen LogP contribution is -2.36. The molecule has 0 bridgehead atoms. The van der Waals surface area contributed by atoms with Gasteiger partial charge in [0.1, 0.15) is 0 Å². The molecule has 0 atom stereocenters. The number of amides is 1. The molecule has 0 heterocycles. The van der Waals surface area contributed by atoms with E-state index < -0.39 is 0 Å². The summed E-state index contributed by atoms with van der Waals surface area (Å²) in [4.78, 5) is 13.8. The van der Waals surface area contributed by atoms with Crippen molar-refractivity contribution in [1.82, 2.24) is 10.6 Å². The highest BCUT2D eigenvalue weighted by atomic mass is 16.1. The van der Waals surface area contributed by atoms with Gasteiger partial charge in [0, 0.05) is 31.9 Å². The lowest BCUT2D eigenvalue weighted by molar-refractivity contribution is -0.119. The van der Waals surface area contributed by atoms with Gasteiger partial charge in [0.05, 0.1) is 6.54 Å². The van der Waals surface area contributed by atoms with Gasteiger partial charge in [-0.25, -0.2) is 0 Å². The summed E-state index contributed by atoms with van der Waals surface area (Å²) in [5.74, 6) is 0.0577. The van der Waals surface area contributed by atoms with Crippen LogP contribution in [0.1, 0.15) is 37.3 Å². The molecule has 0 saturated heterocycles. The van der Waals surface area contributed by atoms with Crippen LogP contribution in [-0.2, 0) is 11.3 Å². The molecule has 1 aliphatic rings. The molecule has 2 N–H and O–H groups in total. The number of nitrogens with zero attached hydrogens (tertiary/aromatic N) is 1. The Bertz CT molecular complexity index is 483. The van der Waals surface area contributed by atoms with Gasteiger partial charge < -0.3 is 15.5 Å². The van der Waals surface area contributed by atoms with Gasteiger partial charge in [-0.1, -0.05) is 19.1 Å². The fraction of sp³-hybridized carbons (Fsp3) is 0.588. The van der Waals surface area contributed by atoms with Gasteiger partial charge in [-0.05, 0) is 43.4 Å². The van der Waals surface area contributed by atoms with Crippen molar-refractivity contribution in [3.63, 3.8) is 0 Å². The second-order valence-corrected chi connectivity index (χ2v) is 5.87. The van der Waals surface area contributed by atoms with Gasteiger partial charge >= 0.3 is 0 Å². The second-order valence-electron chi connectivity index (χ2n) is 5.87. The molecular weight excluding hydrogens is 262 g/mol. The van der Waals surface area contributed by atoms with Crippen LogP contribution in [0.2, 0.25) is 0 Å². The Kier molecular flexibility index (Phi) is 5.62. The normalized spacial score (nSPS) is 14.0. The van der Waals surface area contributed by atoms with E-state index in [-0.39, 0.29) is 5.91 Å². The van der Waals surface area contributed by atoms with Crippen molar-refractivity contribution in [1.29, 1.82) is 0 Å². The van der Waals surface area contributed by atoms with E-state index in [0.717, 1.165) is 31.2 Å². The minimum Gasteiger partial charge on any atom is -0.362 e. The Hall–Kier alpha value is -1.55. The van der Waals surface area contributed by atoms with Crippen molar-refractivity contribution >= 4 is 11.6 Å². The zero-order valence-corrected chi connectivity index (χ0v) is 13.4. The first kappa shape index (κ1) is 15.8. The fourth-order valence-corrected chi connectivity index (χ4v) is 2.54. The number of anilines is 1. The van der Waals surface area contributed by atoms with Crippen LogP contribution in [0.3, 0.4) is 0 Å². The summed E-state index contributed by atoms with van der Waals surface area (Å²) in [7, 11) is 1.69. The topological polar surface area (TPSA) is 44.4 Å². The van der Waals surface area contributed by atoms with Crippen LogP contribution in [0.25, 0.3) is 0 Å². The first-order chi connectivity index (χ1) is 10.1. The fourth-order valence-electron chi connectivity index (χ4n) is 2.54. The summed E-state index contributed by atoms with van der Waals surface area (Å²) in [5.41, 5.74) is 3.72. The average molecular weight is 289 g/mol. The predicted octanol–water partition coefficient (Wildman–Crippen LogP) is 2.21. The van der Waals surface area contributed by atoms with Crippen molar-refractivity contribution in [2.24, 2.45) is 0 Å². The van der Waals surface area contributed by atoms with Crippen molar-refractivity contribution in [3.8, 4) is 0 Å². The van der Waals surface area contributed by atoms with Crippen LogP contribution >= 0.6 is 0 Å². The van der Waals surface area contributed by atoms with Crippen molar-refractivity contribution < 1.29 is 4.79 Å². The number of carbonyl (C=O) groups is 1. The standard InChI is InChI=1S/C17H27N3O/c1-4-9-20(12-17(21)18-3)16-8-5-14(10-13(16)2)11-19-15-6-7-15/h5,8,10,15,19H,4,6-7,9,11-12H2,1-3H3,(H,18,21). The van der Waals surface area contributed by atoms with Crippen LogP contribution in [0, 0.1) is 6.92 Å². The van der Waals surface area contributed by atoms with Gasteiger partial charge in [-0.2, -0.15) is 0 Å². The Morgan fingerprint density at radius 1 is 1.38 bits per heavy atom. The molecule has 0 radical (unpaired) electrons. The molecule has 1 aromatic rings. The van der Waals surface area contributed by atoms with Gasteiger partial charge in [0.25, 0.3) is 0 Å². The maximum atomic E-state index is 11.7. The van der Waals surface area contributed by atoms with E-state index in [2.05, 4.69) is 47.6 Å². The van der Waals surface area contributed by atoms with Crippen LogP contribution in [-0.4, -0.2) is 32.1 Å². The average Bonchev–Trinajstić information content (AvgIpc) is 3.29. The van der Waals surface area contributed by atoms with Gasteiger partial charge in [-0.15, -0.1) is 0 Å². The number of aryl methyl sites for hydroxylation is 1. The third-order valence-electron chi connectivity index (χ3n) is 3.88. The lowest BCUT2D eigenvalue weighted by atomic mass is 10.1.